The molecule has 3 heteroatoms. The topological polar surface area (TPSA) is 6.48 Å². The van der Waals surface area contributed by atoms with Crippen molar-refractivity contribution in [3.8, 4) is 0 Å². The van der Waals surface area contributed by atoms with Crippen LogP contribution in [0.3, 0.4) is 0 Å². The van der Waals surface area contributed by atoms with E-state index in [1.54, 1.807) is 0 Å². The molecule has 15 heavy (non-hydrogen) atoms. The van der Waals surface area contributed by atoms with Gasteiger partial charge in [-0.15, -0.1) is 0 Å². The van der Waals surface area contributed by atoms with Gasteiger partial charge in [-0.2, -0.15) is 0 Å². The van der Waals surface area contributed by atoms with Gasteiger partial charge in [0.25, 0.3) is 0 Å². The van der Waals surface area contributed by atoms with Crippen molar-refractivity contribution in [1.29, 1.82) is 0 Å². The predicted octanol–water partition coefficient (Wildman–Crippen LogP) is 1.69. The maximum Gasteiger partial charge on any atom is 0.0997 e. The molecule has 0 aliphatic heterocycles. The van der Waals surface area contributed by atoms with Crippen molar-refractivity contribution in [1.82, 2.24) is 9.80 Å². The van der Waals surface area contributed by atoms with E-state index in [0.717, 1.165) is 26.2 Å². The highest BCUT2D eigenvalue weighted by Gasteiger charge is 2.10. The summed E-state index contributed by atoms with van der Waals surface area (Å²) in [5, 5.41) is 0. The Morgan fingerprint density at radius 3 is 1.60 bits per heavy atom. The van der Waals surface area contributed by atoms with Gasteiger partial charge in [0.05, 0.1) is 5.82 Å². The van der Waals surface area contributed by atoms with Gasteiger partial charge in [-0.3, -0.25) is 0 Å². The molecular formula is C12H28N2Si. The maximum absolute atomic E-state index is 2.46. The first-order valence-electron chi connectivity index (χ1n) is 6.44. The van der Waals surface area contributed by atoms with Gasteiger partial charge in [0, 0.05) is 36.4 Å². The van der Waals surface area contributed by atoms with Crippen LogP contribution >= 0.6 is 0 Å². The average molecular weight is 228 g/mol. The minimum Gasteiger partial charge on any atom is -0.359 e. The van der Waals surface area contributed by atoms with E-state index in [2.05, 4.69) is 43.6 Å². The van der Waals surface area contributed by atoms with Gasteiger partial charge >= 0.3 is 0 Å². The lowest BCUT2D eigenvalue weighted by Gasteiger charge is -2.33. The Bertz CT molecular complexity index is 158. The molecule has 0 heterocycles. The second-order valence-electron chi connectivity index (χ2n) is 3.70. The lowest BCUT2D eigenvalue weighted by atomic mass is 10.3. The zero-order valence-electron chi connectivity index (χ0n) is 11.2. The summed E-state index contributed by atoms with van der Waals surface area (Å²) in [6.07, 6.45) is 3.67. The van der Waals surface area contributed by atoms with Crippen LogP contribution in [0.1, 0.15) is 34.1 Å². The van der Waals surface area contributed by atoms with Crippen LogP contribution in [0.5, 0.6) is 0 Å². The number of rotatable bonds is 8. The molecule has 0 aromatic carbocycles. The van der Waals surface area contributed by atoms with Gasteiger partial charge in [0.15, 0.2) is 0 Å². The molecule has 90 valence electrons. The van der Waals surface area contributed by atoms with E-state index >= 15 is 0 Å². The van der Waals surface area contributed by atoms with Crippen LogP contribution < -0.4 is 0 Å². The Morgan fingerprint density at radius 1 is 0.933 bits per heavy atom. The Morgan fingerprint density at radius 2 is 1.33 bits per heavy atom. The minimum absolute atomic E-state index is 1.11. The summed E-state index contributed by atoms with van der Waals surface area (Å²) in [5.74, 6) is 1.45. The minimum atomic E-state index is 1.11. The van der Waals surface area contributed by atoms with E-state index in [0.29, 0.717) is 0 Å². The summed E-state index contributed by atoms with van der Waals surface area (Å²) < 4.78 is 0. The molecule has 0 aliphatic rings. The summed E-state index contributed by atoms with van der Waals surface area (Å²) in [4.78, 5) is 4.93. The molecule has 0 aromatic rings. The smallest absolute Gasteiger partial charge is 0.0997 e. The summed E-state index contributed by atoms with van der Waals surface area (Å²) in [6.45, 7) is 13.4. The van der Waals surface area contributed by atoms with Crippen LogP contribution in [0.4, 0.5) is 0 Å². The summed E-state index contributed by atoms with van der Waals surface area (Å²) in [7, 11) is 1.31. The van der Waals surface area contributed by atoms with Crippen molar-refractivity contribution in [3.63, 3.8) is 0 Å². The molecule has 0 fully saturated rings. The molecule has 0 N–H and O–H groups in total. The van der Waals surface area contributed by atoms with Crippen LogP contribution in [-0.2, 0) is 0 Å². The highest BCUT2D eigenvalue weighted by molar-refractivity contribution is 6.08. The van der Waals surface area contributed by atoms with Gasteiger partial charge in [-0.25, -0.2) is 0 Å². The molecule has 0 amide bonds. The normalized spacial score (nSPS) is 10.1. The Hall–Kier alpha value is -0.443. The summed E-state index contributed by atoms with van der Waals surface area (Å²) >= 11 is 0. The molecule has 0 radical (unpaired) electrons. The highest BCUT2D eigenvalue weighted by atomic mass is 28.1. The van der Waals surface area contributed by atoms with Crippen molar-refractivity contribution < 1.29 is 0 Å². The first-order valence-corrected chi connectivity index (χ1v) is 7.86. The second kappa shape index (κ2) is 8.83. The molecule has 0 spiro atoms. The van der Waals surface area contributed by atoms with Gasteiger partial charge in [0.2, 0.25) is 0 Å². The zero-order valence-corrected chi connectivity index (χ0v) is 13.2. The fraction of sp³-hybridized carbons (Fsp3) is 0.833. The van der Waals surface area contributed by atoms with Gasteiger partial charge in [-0.05, 0) is 40.2 Å². The highest BCUT2D eigenvalue weighted by Crippen LogP contribution is 2.11. The largest absolute Gasteiger partial charge is 0.359 e. The Labute approximate surface area is 98.8 Å². The quantitative estimate of drug-likeness (QED) is 0.583. The number of hydrogen-bond donors (Lipinski definition) is 0. The van der Waals surface area contributed by atoms with Crippen LogP contribution in [-0.4, -0.2) is 46.2 Å². The van der Waals surface area contributed by atoms with E-state index in [1.807, 2.05) is 0 Å². The number of hydrogen-bond acceptors (Lipinski definition) is 2. The SMILES string of the molecule is CCN(CC)C(=CCC[SiH3])N(CC)CC. The van der Waals surface area contributed by atoms with E-state index in [1.165, 1.54) is 28.5 Å². The van der Waals surface area contributed by atoms with Crippen molar-refractivity contribution in [2.75, 3.05) is 26.2 Å². The van der Waals surface area contributed by atoms with E-state index in [-0.39, 0.29) is 0 Å². The molecule has 0 rings (SSSR count). The number of nitrogens with zero attached hydrogens (tertiary/aromatic N) is 2. The number of allylic oxidation sites excluding steroid dienone is 1. The monoisotopic (exact) mass is 228 g/mol. The van der Waals surface area contributed by atoms with Crippen LogP contribution in [0, 0.1) is 0 Å². The van der Waals surface area contributed by atoms with E-state index in [9.17, 15) is 0 Å². The van der Waals surface area contributed by atoms with Gasteiger partial charge in [-0.1, -0.05) is 6.04 Å². The molecule has 0 aliphatic carbocycles. The van der Waals surface area contributed by atoms with Crippen molar-refractivity contribution in [2.24, 2.45) is 0 Å². The third kappa shape index (κ3) is 4.73. The van der Waals surface area contributed by atoms with Crippen LogP contribution in [0.2, 0.25) is 6.04 Å². The third-order valence-corrected chi connectivity index (χ3v) is 3.37. The first-order chi connectivity index (χ1) is 7.24. The lowest BCUT2D eigenvalue weighted by molar-refractivity contribution is 0.233. The summed E-state index contributed by atoms with van der Waals surface area (Å²) in [6, 6.07) is 1.37. The van der Waals surface area contributed by atoms with E-state index < -0.39 is 0 Å². The molecule has 0 atom stereocenters. The molecular weight excluding hydrogens is 200 g/mol. The molecule has 0 bridgehead atoms. The third-order valence-electron chi connectivity index (χ3n) is 2.79. The van der Waals surface area contributed by atoms with E-state index in [4.69, 9.17) is 0 Å². The second-order valence-corrected chi connectivity index (χ2v) is 4.70. The van der Waals surface area contributed by atoms with Gasteiger partial charge in [0.1, 0.15) is 0 Å². The standard InChI is InChI=1S/C12H28N2Si/c1-5-13(6-2)12(10-9-11-15)14(7-3)8-4/h10H,5-9,11H2,1-4,15H3. The lowest BCUT2D eigenvalue weighted by Crippen LogP contribution is -2.35. The fourth-order valence-corrected chi connectivity index (χ4v) is 2.12. The predicted molar refractivity (Wildman–Crippen MR) is 73.3 cm³/mol. The molecule has 0 unspecified atom stereocenters. The van der Waals surface area contributed by atoms with Crippen LogP contribution in [0.15, 0.2) is 11.9 Å². The van der Waals surface area contributed by atoms with Gasteiger partial charge < -0.3 is 9.80 Å². The molecule has 2 nitrogen and oxygen atoms in total. The maximum atomic E-state index is 2.46. The Balaban J connectivity index is 4.68. The van der Waals surface area contributed by atoms with Crippen molar-refractivity contribution in [2.45, 2.75) is 40.2 Å². The zero-order chi connectivity index (χ0) is 11.7. The molecule has 0 saturated heterocycles. The van der Waals surface area contributed by atoms with Crippen molar-refractivity contribution >= 4 is 10.2 Å². The first kappa shape index (κ1) is 14.6. The molecule has 0 saturated carbocycles. The van der Waals surface area contributed by atoms with Crippen molar-refractivity contribution in [3.05, 3.63) is 11.9 Å². The fourth-order valence-electron chi connectivity index (χ4n) is 1.83. The average Bonchev–Trinajstić information content (AvgIpc) is 2.28. The Kier molecular flexibility index (Phi) is 8.57. The molecule has 0 aromatic heterocycles. The van der Waals surface area contributed by atoms with Crippen LogP contribution in [0.25, 0.3) is 0 Å². The summed E-state index contributed by atoms with van der Waals surface area (Å²) in [5.41, 5.74) is 0.